The Hall–Kier alpha value is -2.17. The fourth-order valence-electron chi connectivity index (χ4n) is 2.36. The van der Waals surface area contributed by atoms with Crippen LogP contribution < -0.4 is 0 Å². The van der Waals surface area contributed by atoms with Gasteiger partial charge in [0.1, 0.15) is 0 Å². The van der Waals surface area contributed by atoms with Crippen LogP contribution in [0.4, 0.5) is 0 Å². The van der Waals surface area contributed by atoms with E-state index in [-0.39, 0.29) is 36.9 Å². The number of ketones is 1. The minimum Gasteiger partial charge on any atom is -0.466 e. The first kappa shape index (κ1) is 19.9. The van der Waals surface area contributed by atoms with Crippen molar-refractivity contribution in [3.63, 3.8) is 0 Å². The number of rotatable bonds is 10. The van der Waals surface area contributed by atoms with Crippen molar-refractivity contribution in [2.24, 2.45) is 5.92 Å². The van der Waals surface area contributed by atoms with Gasteiger partial charge in [-0.05, 0) is 12.8 Å². The number of nitrogens with zero attached hydrogens (tertiary/aromatic N) is 1. The van der Waals surface area contributed by atoms with Crippen LogP contribution in [0.3, 0.4) is 0 Å². The van der Waals surface area contributed by atoms with Gasteiger partial charge in [-0.25, -0.2) is 0 Å². The molecule has 0 saturated carbocycles. The van der Waals surface area contributed by atoms with Crippen molar-refractivity contribution >= 4 is 17.7 Å². The molecular formula is C19H27NO4. The molecule has 0 aliphatic carbocycles. The first-order valence-corrected chi connectivity index (χ1v) is 8.45. The van der Waals surface area contributed by atoms with E-state index in [2.05, 4.69) is 0 Å². The topological polar surface area (TPSA) is 63.7 Å². The fraction of sp³-hybridized carbons (Fsp3) is 0.526. The Morgan fingerprint density at radius 2 is 1.71 bits per heavy atom. The monoisotopic (exact) mass is 333 g/mol. The van der Waals surface area contributed by atoms with E-state index in [0.717, 1.165) is 0 Å². The number of carbonyl (C=O) groups excluding carboxylic acids is 3. The van der Waals surface area contributed by atoms with Gasteiger partial charge in [0.15, 0.2) is 5.78 Å². The number of esters is 1. The molecule has 0 heterocycles. The summed E-state index contributed by atoms with van der Waals surface area (Å²) in [6.07, 6.45) is 0.513. The molecule has 132 valence electrons. The molecule has 1 amide bonds. The quantitative estimate of drug-likeness (QED) is 0.487. The third-order valence-electron chi connectivity index (χ3n) is 3.49. The Morgan fingerprint density at radius 1 is 1.04 bits per heavy atom. The van der Waals surface area contributed by atoms with E-state index >= 15 is 0 Å². The number of Topliss-reactive ketones (excluding diaryl/α,β-unsaturated/α-hetero) is 1. The maximum absolute atomic E-state index is 12.4. The molecule has 1 aromatic rings. The summed E-state index contributed by atoms with van der Waals surface area (Å²) in [6.45, 7) is 7.01. The van der Waals surface area contributed by atoms with Crippen molar-refractivity contribution in [2.75, 3.05) is 19.7 Å². The van der Waals surface area contributed by atoms with E-state index in [9.17, 15) is 14.4 Å². The zero-order valence-electron chi connectivity index (χ0n) is 14.8. The van der Waals surface area contributed by atoms with Gasteiger partial charge >= 0.3 is 5.97 Å². The van der Waals surface area contributed by atoms with Crippen LogP contribution >= 0.6 is 0 Å². The fourth-order valence-corrected chi connectivity index (χ4v) is 2.36. The highest BCUT2D eigenvalue weighted by atomic mass is 16.5. The second-order valence-electron chi connectivity index (χ2n) is 6.08. The molecule has 5 heteroatoms. The van der Waals surface area contributed by atoms with E-state index in [1.807, 2.05) is 19.9 Å². The summed E-state index contributed by atoms with van der Waals surface area (Å²) in [5, 5.41) is 0. The third kappa shape index (κ3) is 7.40. The molecule has 0 atom stereocenters. The van der Waals surface area contributed by atoms with Gasteiger partial charge in [0, 0.05) is 31.5 Å². The average molecular weight is 333 g/mol. The summed E-state index contributed by atoms with van der Waals surface area (Å²) in [4.78, 5) is 37.7. The zero-order chi connectivity index (χ0) is 17.9. The van der Waals surface area contributed by atoms with Crippen molar-refractivity contribution in [2.45, 2.75) is 40.0 Å². The van der Waals surface area contributed by atoms with Crippen molar-refractivity contribution in [1.29, 1.82) is 0 Å². The summed E-state index contributed by atoms with van der Waals surface area (Å²) >= 11 is 0. The van der Waals surface area contributed by atoms with Gasteiger partial charge in [0.25, 0.3) is 0 Å². The Bertz CT molecular complexity index is 540. The molecule has 24 heavy (non-hydrogen) atoms. The first-order valence-electron chi connectivity index (χ1n) is 8.45. The van der Waals surface area contributed by atoms with E-state index in [4.69, 9.17) is 4.74 Å². The van der Waals surface area contributed by atoms with E-state index in [0.29, 0.717) is 31.2 Å². The van der Waals surface area contributed by atoms with Crippen LogP contribution in [0.25, 0.3) is 0 Å². The van der Waals surface area contributed by atoms with Gasteiger partial charge in [-0.2, -0.15) is 0 Å². The Kier molecular flexibility index (Phi) is 8.76. The van der Waals surface area contributed by atoms with Crippen LogP contribution in [-0.2, 0) is 14.3 Å². The van der Waals surface area contributed by atoms with E-state index < -0.39 is 0 Å². The molecule has 0 bridgehead atoms. The lowest BCUT2D eigenvalue weighted by Crippen LogP contribution is -2.36. The number of benzene rings is 1. The molecule has 0 aliphatic rings. The number of hydrogen-bond donors (Lipinski definition) is 0. The normalized spacial score (nSPS) is 10.5. The Morgan fingerprint density at radius 3 is 2.29 bits per heavy atom. The highest BCUT2D eigenvalue weighted by Crippen LogP contribution is 2.09. The van der Waals surface area contributed by atoms with Crippen molar-refractivity contribution in [3.8, 4) is 0 Å². The lowest BCUT2D eigenvalue weighted by molar-refractivity contribution is -0.144. The van der Waals surface area contributed by atoms with Crippen LogP contribution in [0.1, 0.15) is 50.4 Å². The molecule has 0 fully saturated rings. The average Bonchev–Trinajstić information content (AvgIpc) is 2.56. The van der Waals surface area contributed by atoms with Crippen molar-refractivity contribution < 1.29 is 19.1 Å². The lowest BCUT2D eigenvalue weighted by atomic mass is 10.1. The summed E-state index contributed by atoms with van der Waals surface area (Å²) < 4.78 is 4.90. The largest absolute Gasteiger partial charge is 0.466 e. The third-order valence-corrected chi connectivity index (χ3v) is 3.49. The number of carbonyl (C=O) groups is 3. The minimum absolute atomic E-state index is 0.0427. The predicted molar refractivity (Wildman–Crippen MR) is 92.7 cm³/mol. The van der Waals surface area contributed by atoms with Gasteiger partial charge in [0.05, 0.1) is 13.0 Å². The van der Waals surface area contributed by atoms with Crippen LogP contribution in [0, 0.1) is 5.92 Å². The zero-order valence-corrected chi connectivity index (χ0v) is 14.8. The minimum atomic E-state index is -0.306. The smallest absolute Gasteiger partial charge is 0.307 e. The van der Waals surface area contributed by atoms with E-state index in [1.165, 1.54) is 0 Å². The standard InChI is InChI=1S/C19H27NO4/c1-4-24-19(23)12-13-20(14-15(2)3)18(22)11-10-17(21)16-8-6-5-7-9-16/h5-9,15H,4,10-14H2,1-3H3. The van der Waals surface area contributed by atoms with Crippen LogP contribution in [0.2, 0.25) is 0 Å². The summed E-state index contributed by atoms with van der Waals surface area (Å²) in [7, 11) is 0. The molecular weight excluding hydrogens is 306 g/mol. The molecule has 0 aliphatic heterocycles. The van der Waals surface area contributed by atoms with E-state index in [1.54, 1.807) is 36.1 Å². The molecule has 0 aromatic heterocycles. The highest BCUT2D eigenvalue weighted by Gasteiger charge is 2.18. The molecule has 0 unspecified atom stereocenters. The molecule has 5 nitrogen and oxygen atoms in total. The van der Waals surface area contributed by atoms with Crippen molar-refractivity contribution in [1.82, 2.24) is 4.90 Å². The van der Waals surface area contributed by atoms with Gasteiger partial charge < -0.3 is 9.64 Å². The van der Waals surface area contributed by atoms with Crippen LogP contribution in [0.15, 0.2) is 30.3 Å². The maximum Gasteiger partial charge on any atom is 0.307 e. The van der Waals surface area contributed by atoms with Crippen LogP contribution in [-0.4, -0.2) is 42.3 Å². The summed E-state index contributed by atoms with van der Waals surface area (Å²) in [5.41, 5.74) is 0.618. The number of hydrogen-bond acceptors (Lipinski definition) is 4. The lowest BCUT2D eigenvalue weighted by Gasteiger charge is -2.24. The first-order chi connectivity index (χ1) is 11.4. The van der Waals surface area contributed by atoms with Crippen LogP contribution in [0.5, 0.6) is 0 Å². The number of amides is 1. The second-order valence-corrected chi connectivity index (χ2v) is 6.08. The molecule has 0 radical (unpaired) electrons. The second kappa shape index (κ2) is 10.6. The van der Waals surface area contributed by atoms with Gasteiger partial charge in [-0.1, -0.05) is 44.2 Å². The molecule has 0 saturated heterocycles. The highest BCUT2D eigenvalue weighted by molar-refractivity contribution is 5.97. The molecule has 0 N–H and O–H groups in total. The Labute approximate surface area is 144 Å². The molecule has 1 aromatic carbocycles. The molecule has 0 spiro atoms. The Balaban J connectivity index is 2.54. The molecule has 1 rings (SSSR count). The SMILES string of the molecule is CCOC(=O)CCN(CC(C)C)C(=O)CCC(=O)c1ccccc1. The summed E-state index contributed by atoms with van der Waals surface area (Å²) in [5.74, 6) is -0.156. The van der Waals surface area contributed by atoms with Gasteiger partial charge in [0.2, 0.25) is 5.91 Å². The predicted octanol–water partition coefficient (Wildman–Crippen LogP) is 3.09. The van der Waals surface area contributed by atoms with Gasteiger partial charge in [-0.3, -0.25) is 14.4 Å². The van der Waals surface area contributed by atoms with Crippen molar-refractivity contribution in [3.05, 3.63) is 35.9 Å². The number of ether oxygens (including phenoxy) is 1. The summed E-state index contributed by atoms with van der Waals surface area (Å²) in [6, 6.07) is 8.96. The maximum atomic E-state index is 12.4. The van der Waals surface area contributed by atoms with Gasteiger partial charge in [-0.15, -0.1) is 0 Å².